The molecular weight excluding hydrogens is 379 g/mol. The van der Waals surface area contributed by atoms with Gasteiger partial charge in [0.25, 0.3) is 0 Å². The highest BCUT2D eigenvalue weighted by atomic mass is 19.4. The van der Waals surface area contributed by atoms with Crippen LogP contribution >= 0.6 is 0 Å². The van der Waals surface area contributed by atoms with E-state index in [0.717, 1.165) is 45.0 Å². The van der Waals surface area contributed by atoms with Crippen LogP contribution in [0.3, 0.4) is 0 Å². The number of alkyl halides is 3. The molecule has 2 heterocycles. The highest BCUT2D eigenvalue weighted by Gasteiger charge is 2.33. The molecule has 7 heteroatoms. The summed E-state index contributed by atoms with van der Waals surface area (Å²) in [4.78, 5) is 7.27. The summed E-state index contributed by atoms with van der Waals surface area (Å²) < 4.78 is 42.9. The normalized spacial score (nSPS) is 20.7. The number of likely N-dealkylation sites (tertiary alicyclic amines) is 1. The molecule has 0 unspecified atom stereocenters. The van der Waals surface area contributed by atoms with Gasteiger partial charge < -0.3 is 14.5 Å². The quantitative estimate of drug-likeness (QED) is 0.696. The fraction of sp³-hybridized carbons (Fsp3) is 0.727. The van der Waals surface area contributed by atoms with Crippen molar-refractivity contribution in [3.05, 3.63) is 23.8 Å². The van der Waals surface area contributed by atoms with Crippen LogP contribution in [0.2, 0.25) is 0 Å². The fourth-order valence-electron chi connectivity index (χ4n) is 4.52. The highest BCUT2D eigenvalue weighted by molar-refractivity contribution is 5.55. The number of rotatable bonds is 5. The molecule has 0 atom stereocenters. The number of anilines is 1. The summed E-state index contributed by atoms with van der Waals surface area (Å²) in [6.45, 7) is 14.1. The first-order valence-electron chi connectivity index (χ1n) is 10.8. The minimum absolute atomic E-state index is 0.0325. The van der Waals surface area contributed by atoms with Gasteiger partial charge in [-0.25, -0.2) is 0 Å². The molecule has 0 aliphatic carbocycles. The van der Waals surface area contributed by atoms with Gasteiger partial charge in [0.1, 0.15) is 5.75 Å². The zero-order chi connectivity index (χ0) is 21.2. The average molecular weight is 414 g/mol. The van der Waals surface area contributed by atoms with Crippen LogP contribution in [0.5, 0.6) is 5.75 Å². The van der Waals surface area contributed by atoms with Crippen LogP contribution in [0.1, 0.15) is 52.0 Å². The van der Waals surface area contributed by atoms with Gasteiger partial charge in [-0.2, -0.15) is 0 Å². The second kappa shape index (κ2) is 9.13. The van der Waals surface area contributed by atoms with Gasteiger partial charge in [0.05, 0.1) is 0 Å². The van der Waals surface area contributed by atoms with Crippen LogP contribution in [0.4, 0.5) is 18.9 Å². The van der Waals surface area contributed by atoms with E-state index in [2.05, 4.69) is 33.3 Å². The molecule has 2 aliphatic rings. The number of piperidine rings is 1. The van der Waals surface area contributed by atoms with Crippen molar-refractivity contribution < 1.29 is 17.9 Å². The third-order valence-corrected chi connectivity index (χ3v) is 6.27. The Balaban J connectivity index is 1.61. The molecule has 164 valence electrons. The van der Waals surface area contributed by atoms with Gasteiger partial charge in [0, 0.05) is 50.0 Å². The third kappa shape index (κ3) is 5.79. The molecule has 0 N–H and O–H groups in total. The van der Waals surface area contributed by atoms with Gasteiger partial charge in [-0.05, 0) is 57.3 Å². The molecule has 0 radical (unpaired) electrons. The smallest absolute Gasteiger partial charge is 0.405 e. The molecule has 1 aromatic rings. The molecule has 0 bridgehead atoms. The second-order valence-electron chi connectivity index (χ2n) is 8.81. The van der Waals surface area contributed by atoms with Crippen LogP contribution in [-0.4, -0.2) is 67.5 Å². The maximum atomic E-state index is 12.8. The van der Waals surface area contributed by atoms with E-state index in [4.69, 9.17) is 0 Å². The Kier molecular flexibility index (Phi) is 6.99. The molecular formula is C22H34F3N3O. The van der Waals surface area contributed by atoms with E-state index >= 15 is 0 Å². The van der Waals surface area contributed by atoms with Crippen molar-refractivity contribution in [2.24, 2.45) is 0 Å². The standard InChI is InChI=1S/C22H34F3N3O/c1-16(2)20-6-5-19(15-21(20)29-22(23,24)25)28-13-11-27(12-14-28)18-7-9-26(10-8-18)17(3)4/h5-6,15-18H,7-14H2,1-4H3. The van der Waals surface area contributed by atoms with E-state index in [9.17, 15) is 13.2 Å². The van der Waals surface area contributed by atoms with Crippen LogP contribution in [0, 0.1) is 0 Å². The Hall–Kier alpha value is -1.47. The van der Waals surface area contributed by atoms with Crippen molar-refractivity contribution in [1.29, 1.82) is 0 Å². The van der Waals surface area contributed by atoms with Crippen molar-refractivity contribution in [1.82, 2.24) is 9.80 Å². The maximum absolute atomic E-state index is 12.8. The Labute approximate surface area is 172 Å². The molecule has 0 aromatic heterocycles. The summed E-state index contributed by atoms with van der Waals surface area (Å²) in [7, 11) is 0. The zero-order valence-corrected chi connectivity index (χ0v) is 18.0. The number of ether oxygens (including phenoxy) is 1. The maximum Gasteiger partial charge on any atom is 0.573 e. The van der Waals surface area contributed by atoms with E-state index < -0.39 is 6.36 Å². The van der Waals surface area contributed by atoms with Gasteiger partial charge >= 0.3 is 6.36 Å². The fourth-order valence-corrected chi connectivity index (χ4v) is 4.52. The van der Waals surface area contributed by atoms with E-state index in [0.29, 0.717) is 17.6 Å². The SMILES string of the molecule is CC(C)c1ccc(N2CCN(C3CCN(C(C)C)CC3)CC2)cc1OC(F)(F)F. The van der Waals surface area contributed by atoms with Crippen molar-refractivity contribution in [2.45, 2.75) is 64.9 Å². The lowest BCUT2D eigenvalue weighted by Gasteiger charge is -2.44. The van der Waals surface area contributed by atoms with Crippen molar-refractivity contribution >= 4 is 5.69 Å². The molecule has 0 saturated carbocycles. The molecule has 2 saturated heterocycles. The lowest BCUT2D eigenvalue weighted by atomic mass is 10.00. The summed E-state index contributed by atoms with van der Waals surface area (Å²) >= 11 is 0. The van der Waals surface area contributed by atoms with Gasteiger partial charge in [-0.1, -0.05) is 19.9 Å². The topological polar surface area (TPSA) is 19.0 Å². The van der Waals surface area contributed by atoms with Gasteiger partial charge in [-0.15, -0.1) is 13.2 Å². The van der Waals surface area contributed by atoms with E-state index in [1.807, 2.05) is 19.9 Å². The van der Waals surface area contributed by atoms with Crippen molar-refractivity contribution in [2.75, 3.05) is 44.2 Å². The predicted molar refractivity (Wildman–Crippen MR) is 111 cm³/mol. The highest BCUT2D eigenvalue weighted by Crippen LogP contribution is 2.35. The first kappa shape index (κ1) is 22.2. The molecule has 4 nitrogen and oxygen atoms in total. The first-order valence-corrected chi connectivity index (χ1v) is 10.8. The monoisotopic (exact) mass is 413 g/mol. The summed E-state index contributed by atoms with van der Waals surface area (Å²) in [6, 6.07) is 6.48. The van der Waals surface area contributed by atoms with Crippen LogP contribution in [-0.2, 0) is 0 Å². The summed E-state index contributed by atoms with van der Waals surface area (Å²) in [5.74, 6) is -0.108. The Bertz CT molecular complexity index is 662. The lowest BCUT2D eigenvalue weighted by Crippen LogP contribution is -2.53. The van der Waals surface area contributed by atoms with E-state index in [1.54, 1.807) is 12.1 Å². The summed E-state index contributed by atoms with van der Waals surface area (Å²) in [6.07, 6.45) is -2.28. The Morgan fingerprint density at radius 3 is 2.07 bits per heavy atom. The summed E-state index contributed by atoms with van der Waals surface area (Å²) in [5.41, 5.74) is 1.39. The number of nitrogens with zero attached hydrogens (tertiary/aromatic N) is 3. The minimum atomic E-state index is -4.67. The van der Waals surface area contributed by atoms with E-state index in [1.165, 1.54) is 12.8 Å². The van der Waals surface area contributed by atoms with Crippen molar-refractivity contribution in [3.8, 4) is 5.75 Å². The Morgan fingerprint density at radius 2 is 1.55 bits per heavy atom. The largest absolute Gasteiger partial charge is 0.573 e. The van der Waals surface area contributed by atoms with Crippen LogP contribution < -0.4 is 9.64 Å². The number of piperazine rings is 1. The average Bonchev–Trinajstić information content (AvgIpc) is 2.66. The number of hydrogen-bond acceptors (Lipinski definition) is 4. The van der Waals surface area contributed by atoms with E-state index in [-0.39, 0.29) is 11.7 Å². The van der Waals surface area contributed by atoms with Gasteiger partial charge in [-0.3, -0.25) is 4.90 Å². The molecule has 0 amide bonds. The second-order valence-corrected chi connectivity index (χ2v) is 8.81. The zero-order valence-electron chi connectivity index (χ0n) is 18.0. The third-order valence-electron chi connectivity index (χ3n) is 6.27. The molecule has 2 fully saturated rings. The molecule has 29 heavy (non-hydrogen) atoms. The van der Waals surface area contributed by atoms with Gasteiger partial charge in [0.2, 0.25) is 0 Å². The molecule has 1 aromatic carbocycles. The number of halogens is 3. The van der Waals surface area contributed by atoms with Crippen LogP contribution in [0.15, 0.2) is 18.2 Å². The van der Waals surface area contributed by atoms with Crippen LogP contribution in [0.25, 0.3) is 0 Å². The van der Waals surface area contributed by atoms with Crippen molar-refractivity contribution in [3.63, 3.8) is 0 Å². The van der Waals surface area contributed by atoms with Gasteiger partial charge in [0.15, 0.2) is 0 Å². The summed E-state index contributed by atoms with van der Waals surface area (Å²) in [5, 5.41) is 0. The number of benzene rings is 1. The first-order chi connectivity index (χ1) is 13.6. The minimum Gasteiger partial charge on any atom is -0.405 e. The predicted octanol–water partition coefficient (Wildman–Crippen LogP) is 4.70. The molecule has 2 aliphatic heterocycles. The number of hydrogen-bond donors (Lipinski definition) is 0. The molecule has 0 spiro atoms. The molecule has 3 rings (SSSR count). The Morgan fingerprint density at radius 1 is 0.931 bits per heavy atom. The lowest BCUT2D eigenvalue weighted by molar-refractivity contribution is -0.274.